The zero-order valence-electron chi connectivity index (χ0n) is 18.3. The van der Waals surface area contributed by atoms with Gasteiger partial charge in [-0.25, -0.2) is 19.5 Å². The van der Waals surface area contributed by atoms with E-state index in [0.717, 1.165) is 28.5 Å². The number of aryl methyl sites for hydroxylation is 1. The lowest BCUT2D eigenvalue weighted by Gasteiger charge is -2.06. The van der Waals surface area contributed by atoms with Crippen LogP contribution in [0.3, 0.4) is 0 Å². The fraction of sp³-hybridized carbons (Fsp3) is 0.136. The molecule has 180 valence electrons. The van der Waals surface area contributed by atoms with Crippen LogP contribution < -0.4 is 0 Å². The second kappa shape index (κ2) is 7.78. The lowest BCUT2D eigenvalue weighted by Crippen LogP contribution is -2.07. The first kappa shape index (κ1) is 22.0. The molecule has 0 saturated heterocycles. The van der Waals surface area contributed by atoms with Crippen LogP contribution in [0.5, 0.6) is 0 Å². The molecule has 36 heavy (non-hydrogen) atoms. The van der Waals surface area contributed by atoms with Gasteiger partial charge in [0, 0.05) is 10.9 Å². The predicted octanol–water partition coefficient (Wildman–Crippen LogP) is 5.03. The average molecular weight is 510 g/mol. The van der Waals surface area contributed by atoms with Crippen molar-refractivity contribution in [2.24, 2.45) is 0 Å². The van der Waals surface area contributed by atoms with E-state index in [1.807, 2.05) is 24.3 Å². The third-order valence-electron chi connectivity index (χ3n) is 5.64. The molecule has 0 aliphatic rings. The number of benzene rings is 1. The summed E-state index contributed by atoms with van der Waals surface area (Å²) in [5.74, 6) is 0.420. The molecule has 1 aromatic carbocycles. The van der Waals surface area contributed by atoms with Crippen molar-refractivity contribution in [2.75, 3.05) is 0 Å². The summed E-state index contributed by atoms with van der Waals surface area (Å²) in [6, 6.07) is 8.35. The minimum atomic E-state index is -4.54. The van der Waals surface area contributed by atoms with Crippen molar-refractivity contribution in [3.63, 3.8) is 0 Å². The molecule has 0 atom stereocenters. The Labute approximate surface area is 202 Å². The number of fused-ring (bicyclic) bond motifs is 5. The molecule has 6 rings (SSSR count). The highest BCUT2D eigenvalue weighted by Gasteiger charge is 2.33. The number of thiophene rings is 1. The maximum absolute atomic E-state index is 13.2. The number of nitro groups is 1. The van der Waals surface area contributed by atoms with Crippen LogP contribution in [-0.2, 0) is 12.7 Å². The molecule has 0 saturated carbocycles. The molecule has 0 spiro atoms. The predicted molar refractivity (Wildman–Crippen MR) is 125 cm³/mol. The summed E-state index contributed by atoms with van der Waals surface area (Å²) in [6.07, 6.45) is -0.512. The van der Waals surface area contributed by atoms with Crippen LogP contribution in [0.1, 0.15) is 16.8 Å². The maximum atomic E-state index is 13.2. The highest BCUT2D eigenvalue weighted by atomic mass is 32.1. The number of nitrogens with zero attached hydrogens (tertiary/aromatic N) is 8. The van der Waals surface area contributed by atoms with E-state index in [1.54, 1.807) is 6.92 Å². The molecule has 0 unspecified atom stereocenters. The maximum Gasteiger partial charge on any atom is 0.433 e. The zero-order chi connectivity index (χ0) is 25.2. The quantitative estimate of drug-likeness (QED) is 0.241. The number of hydrogen-bond donors (Lipinski definition) is 0. The molecular formula is C22H13F3N8O2S. The van der Waals surface area contributed by atoms with E-state index in [4.69, 9.17) is 0 Å². The SMILES string of the molecule is Cc1cc(C(F)(F)F)nc2sc3c(ncn4nc(-c5ccc(Cn6cc([N+](=O)[O-])cn6)cc5)nc34)c12. The smallest absolute Gasteiger partial charge is 0.261 e. The van der Waals surface area contributed by atoms with Crippen LogP contribution in [0, 0.1) is 17.0 Å². The van der Waals surface area contributed by atoms with Gasteiger partial charge in [0.25, 0.3) is 0 Å². The summed E-state index contributed by atoms with van der Waals surface area (Å²) >= 11 is 1.10. The van der Waals surface area contributed by atoms with E-state index >= 15 is 0 Å². The van der Waals surface area contributed by atoms with E-state index in [-0.39, 0.29) is 10.5 Å². The number of halogens is 3. The number of aromatic nitrogens is 7. The van der Waals surface area contributed by atoms with Crippen LogP contribution in [0.4, 0.5) is 18.9 Å². The summed E-state index contributed by atoms with van der Waals surface area (Å²) in [6.45, 7) is 1.96. The highest BCUT2D eigenvalue weighted by molar-refractivity contribution is 7.26. The van der Waals surface area contributed by atoms with Gasteiger partial charge in [0.05, 0.1) is 17.0 Å². The molecule has 0 amide bonds. The Bertz CT molecular complexity index is 1800. The summed E-state index contributed by atoms with van der Waals surface area (Å²) in [4.78, 5) is 23.4. The zero-order valence-corrected chi connectivity index (χ0v) is 19.1. The molecule has 0 bridgehead atoms. The monoisotopic (exact) mass is 510 g/mol. The number of pyridine rings is 1. The summed E-state index contributed by atoms with van der Waals surface area (Å²) in [5.41, 5.74) is 2.01. The van der Waals surface area contributed by atoms with Gasteiger partial charge in [-0.15, -0.1) is 16.4 Å². The second-order valence-electron chi connectivity index (χ2n) is 8.08. The van der Waals surface area contributed by atoms with Crippen molar-refractivity contribution >= 4 is 43.1 Å². The van der Waals surface area contributed by atoms with Gasteiger partial charge in [-0.3, -0.25) is 14.8 Å². The minimum absolute atomic E-state index is 0.0818. The van der Waals surface area contributed by atoms with Gasteiger partial charge in [-0.2, -0.15) is 18.3 Å². The van der Waals surface area contributed by atoms with E-state index in [9.17, 15) is 23.3 Å². The lowest BCUT2D eigenvalue weighted by atomic mass is 10.1. The molecule has 14 heteroatoms. The summed E-state index contributed by atoms with van der Waals surface area (Å²) in [5, 5.41) is 19.9. The third kappa shape index (κ3) is 3.62. The largest absolute Gasteiger partial charge is 0.433 e. The number of rotatable bonds is 4. The van der Waals surface area contributed by atoms with Crippen LogP contribution in [-0.4, -0.2) is 39.3 Å². The van der Waals surface area contributed by atoms with Gasteiger partial charge in [0.2, 0.25) is 0 Å². The van der Waals surface area contributed by atoms with Crippen LogP contribution in [0.25, 0.3) is 37.5 Å². The van der Waals surface area contributed by atoms with E-state index in [2.05, 4.69) is 25.1 Å². The normalized spacial score (nSPS) is 12.2. The molecule has 0 aliphatic carbocycles. The van der Waals surface area contributed by atoms with Crippen molar-refractivity contribution in [2.45, 2.75) is 19.6 Å². The Balaban J connectivity index is 1.37. The molecule has 6 aromatic rings. The van der Waals surface area contributed by atoms with E-state index < -0.39 is 16.8 Å². The fourth-order valence-electron chi connectivity index (χ4n) is 3.96. The first-order valence-electron chi connectivity index (χ1n) is 10.5. The Morgan fingerprint density at radius 3 is 2.64 bits per heavy atom. The highest BCUT2D eigenvalue weighted by Crippen LogP contribution is 2.38. The summed E-state index contributed by atoms with van der Waals surface area (Å²) < 4.78 is 43.3. The lowest BCUT2D eigenvalue weighted by molar-refractivity contribution is -0.385. The molecule has 5 aromatic heterocycles. The molecule has 0 radical (unpaired) electrons. The van der Waals surface area contributed by atoms with Crippen LogP contribution in [0.15, 0.2) is 49.1 Å². The van der Waals surface area contributed by atoms with Gasteiger partial charge in [0.15, 0.2) is 11.5 Å². The molecular weight excluding hydrogens is 497 g/mol. The Morgan fingerprint density at radius 2 is 1.94 bits per heavy atom. The van der Waals surface area contributed by atoms with Crippen molar-refractivity contribution < 1.29 is 18.1 Å². The average Bonchev–Trinajstić information content (AvgIpc) is 3.55. The van der Waals surface area contributed by atoms with Crippen LogP contribution in [0.2, 0.25) is 0 Å². The topological polar surface area (TPSA) is 117 Å². The van der Waals surface area contributed by atoms with Crippen LogP contribution >= 0.6 is 11.3 Å². The molecule has 0 aliphatic heterocycles. The Hall–Kier alpha value is -4.46. The fourth-order valence-corrected chi connectivity index (χ4v) is 5.14. The van der Waals surface area contributed by atoms with Gasteiger partial charge in [0.1, 0.15) is 33.9 Å². The van der Waals surface area contributed by atoms with Crippen molar-refractivity contribution in [3.05, 3.63) is 76.0 Å². The molecule has 0 fully saturated rings. The van der Waals surface area contributed by atoms with Gasteiger partial charge < -0.3 is 0 Å². The van der Waals surface area contributed by atoms with E-state index in [1.165, 1.54) is 27.9 Å². The summed E-state index contributed by atoms with van der Waals surface area (Å²) in [7, 11) is 0. The van der Waals surface area contributed by atoms with Crippen molar-refractivity contribution in [1.82, 2.24) is 34.3 Å². The number of alkyl halides is 3. The molecule has 10 nitrogen and oxygen atoms in total. The second-order valence-corrected chi connectivity index (χ2v) is 9.08. The molecule has 0 N–H and O–H groups in total. The first-order valence-corrected chi connectivity index (χ1v) is 11.3. The Kier molecular flexibility index (Phi) is 4.76. The van der Waals surface area contributed by atoms with Crippen molar-refractivity contribution in [3.8, 4) is 11.4 Å². The van der Waals surface area contributed by atoms with Crippen molar-refractivity contribution in [1.29, 1.82) is 0 Å². The first-order chi connectivity index (χ1) is 17.2. The minimum Gasteiger partial charge on any atom is -0.261 e. The molecule has 5 heterocycles. The van der Waals surface area contributed by atoms with E-state index in [0.29, 0.717) is 39.2 Å². The van der Waals surface area contributed by atoms with Gasteiger partial charge >= 0.3 is 11.9 Å². The van der Waals surface area contributed by atoms with Gasteiger partial charge in [-0.05, 0) is 24.1 Å². The van der Waals surface area contributed by atoms with Gasteiger partial charge in [-0.1, -0.05) is 24.3 Å². The standard InChI is InChI=1S/C22H13F3N8O2S/c1-11-6-15(22(23,24)25)28-21-16(11)17-18(36-21)20-29-19(30-32(20)10-26-17)13-4-2-12(3-5-13)8-31-9-14(7-27-31)33(34)35/h2-7,9-10H,8H2,1H3. The number of hydrogen-bond acceptors (Lipinski definition) is 8. The Morgan fingerprint density at radius 1 is 1.17 bits per heavy atom. The third-order valence-corrected chi connectivity index (χ3v) is 6.71.